The molecule has 0 spiro atoms. The molecule has 0 aromatic heterocycles. The molecule has 4 nitrogen and oxygen atoms in total. The molecule has 0 aliphatic rings. The molecule has 0 radical (unpaired) electrons. The summed E-state index contributed by atoms with van der Waals surface area (Å²) in [6.07, 6.45) is 0.228. The van der Waals surface area contributed by atoms with Crippen LogP contribution in [0, 0.1) is 5.92 Å². The second kappa shape index (κ2) is 10.1. The summed E-state index contributed by atoms with van der Waals surface area (Å²) in [4.78, 5) is 27.2. The van der Waals surface area contributed by atoms with E-state index in [1.807, 2.05) is 56.3 Å². The largest absolute Gasteiger partial charge is 0.354 e. The summed E-state index contributed by atoms with van der Waals surface area (Å²) in [7, 11) is 0. The highest BCUT2D eigenvalue weighted by atomic mass is 35.5. The van der Waals surface area contributed by atoms with Crippen LogP contribution >= 0.6 is 11.6 Å². The van der Waals surface area contributed by atoms with Crippen LogP contribution in [0.15, 0.2) is 54.6 Å². The Bertz CT molecular complexity index is 745. The van der Waals surface area contributed by atoms with Crippen LogP contribution in [0.5, 0.6) is 0 Å². The molecule has 0 heterocycles. The molecular formula is C22H27ClN2O2. The number of hydrogen-bond donors (Lipinski definition) is 1. The van der Waals surface area contributed by atoms with Crippen molar-refractivity contribution in [3.05, 3.63) is 70.7 Å². The molecular weight excluding hydrogens is 360 g/mol. The summed E-state index contributed by atoms with van der Waals surface area (Å²) in [6.45, 7) is 6.84. The van der Waals surface area contributed by atoms with Gasteiger partial charge in [-0.05, 0) is 36.1 Å². The fraction of sp³-hybridized carbons (Fsp3) is 0.364. The molecule has 0 saturated carbocycles. The van der Waals surface area contributed by atoms with Crippen molar-refractivity contribution >= 4 is 23.4 Å². The van der Waals surface area contributed by atoms with Gasteiger partial charge in [0, 0.05) is 18.1 Å². The summed E-state index contributed by atoms with van der Waals surface area (Å²) < 4.78 is 0. The Kier molecular flexibility index (Phi) is 7.86. The molecule has 1 atom stereocenters. The molecule has 0 aliphatic heterocycles. The Morgan fingerprint density at radius 1 is 0.963 bits per heavy atom. The Labute approximate surface area is 166 Å². The zero-order valence-electron chi connectivity index (χ0n) is 16.1. The monoisotopic (exact) mass is 386 g/mol. The van der Waals surface area contributed by atoms with Crippen LogP contribution in [0.1, 0.15) is 31.9 Å². The first kappa shape index (κ1) is 21.0. The number of nitrogens with zero attached hydrogens (tertiary/aromatic N) is 1. The van der Waals surface area contributed by atoms with Crippen LogP contribution in [0.25, 0.3) is 0 Å². The Morgan fingerprint density at radius 2 is 1.59 bits per heavy atom. The second-order valence-electron chi connectivity index (χ2n) is 7.13. The number of halogens is 1. The van der Waals surface area contributed by atoms with E-state index in [1.165, 1.54) is 0 Å². The molecule has 0 fully saturated rings. The molecule has 0 unspecified atom stereocenters. The molecule has 2 rings (SSSR count). The summed E-state index contributed by atoms with van der Waals surface area (Å²) >= 11 is 5.92. The molecule has 2 aromatic rings. The summed E-state index contributed by atoms with van der Waals surface area (Å²) in [5, 5.41) is 3.56. The average Bonchev–Trinajstić information content (AvgIpc) is 2.66. The van der Waals surface area contributed by atoms with Crippen molar-refractivity contribution in [2.45, 2.75) is 39.8 Å². The minimum atomic E-state index is -0.552. The average molecular weight is 387 g/mol. The third-order valence-electron chi connectivity index (χ3n) is 4.32. The Hall–Kier alpha value is -2.33. The normalized spacial score (nSPS) is 11.9. The van der Waals surface area contributed by atoms with Crippen molar-refractivity contribution in [2.75, 3.05) is 6.54 Å². The third kappa shape index (κ3) is 6.72. The van der Waals surface area contributed by atoms with E-state index in [2.05, 4.69) is 5.32 Å². The van der Waals surface area contributed by atoms with Crippen LogP contribution in [-0.2, 0) is 22.6 Å². The maximum atomic E-state index is 13.0. The SMILES string of the molecule is CC(C)CNC(=O)[C@@H](C)N(Cc1ccccc1)C(=O)Cc1ccc(Cl)cc1. The summed E-state index contributed by atoms with van der Waals surface area (Å²) in [5.41, 5.74) is 1.86. The highest BCUT2D eigenvalue weighted by Gasteiger charge is 2.26. The van der Waals surface area contributed by atoms with E-state index in [0.717, 1.165) is 11.1 Å². The lowest BCUT2D eigenvalue weighted by molar-refractivity contribution is -0.140. The van der Waals surface area contributed by atoms with E-state index in [4.69, 9.17) is 11.6 Å². The van der Waals surface area contributed by atoms with E-state index in [1.54, 1.807) is 24.0 Å². The van der Waals surface area contributed by atoms with Gasteiger partial charge in [-0.2, -0.15) is 0 Å². The van der Waals surface area contributed by atoms with E-state index in [-0.39, 0.29) is 18.2 Å². The number of benzene rings is 2. The third-order valence-corrected chi connectivity index (χ3v) is 4.57. The second-order valence-corrected chi connectivity index (χ2v) is 7.56. The molecule has 1 N–H and O–H groups in total. The van der Waals surface area contributed by atoms with E-state index >= 15 is 0 Å². The van der Waals surface area contributed by atoms with Gasteiger partial charge in [0.05, 0.1) is 6.42 Å². The Morgan fingerprint density at radius 3 is 2.19 bits per heavy atom. The topological polar surface area (TPSA) is 49.4 Å². The molecule has 0 saturated heterocycles. The van der Waals surface area contributed by atoms with Gasteiger partial charge in [0.1, 0.15) is 6.04 Å². The number of carbonyl (C=O) groups is 2. The number of hydrogen-bond acceptors (Lipinski definition) is 2. The predicted octanol–water partition coefficient (Wildman–Crippen LogP) is 4.07. The quantitative estimate of drug-likeness (QED) is 0.743. The zero-order valence-corrected chi connectivity index (χ0v) is 16.9. The maximum Gasteiger partial charge on any atom is 0.242 e. The maximum absolute atomic E-state index is 13.0. The molecule has 2 amide bonds. The fourth-order valence-electron chi connectivity index (χ4n) is 2.69. The van der Waals surface area contributed by atoms with Gasteiger partial charge in [-0.25, -0.2) is 0 Å². The number of carbonyl (C=O) groups excluding carboxylic acids is 2. The van der Waals surface area contributed by atoms with Gasteiger partial charge < -0.3 is 10.2 Å². The van der Waals surface area contributed by atoms with Crippen LogP contribution in [0.3, 0.4) is 0 Å². The van der Waals surface area contributed by atoms with Crippen molar-refractivity contribution in [3.8, 4) is 0 Å². The predicted molar refractivity (Wildman–Crippen MR) is 109 cm³/mol. The lowest BCUT2D eigenvalue weighted by Crippen LogP contribution is -2.48. The van der Waals surface area contributed by atoms with Gasteiger partial charge in [0.15, 0.2) is 0 Å². The standard InChI is InChI=1S/C22H27ClN2O2/c1-16(2)14-24-22(27)17(3)25(15-19-7-5-4-6-8-19)21(26)13-18-9-11-20(23)12-10-18/h4-12,16-17H,13-15H2,1-3H3,(H,24,27)/t17-/m1/s1. The number of amides is 2. The van der Waals surface area contributed by atoms with Crippen molar-refractivity contribution in [2.24, 2.45) is 5.92 Å². The molecule has 0 bridgehead atoms. The number of nitrogens with one attached hydrogen (secondary N) is 1. The van der Waals surface area contributed by atoms with Gasteiger partial charge in [0.2, 0.25) is 11.8 Å². The fourth-order valence-corrected chi connectivity index (χ4v) is 2.82. The lowest BCUT2D eigenvalue weighted by Gasteiger charge is -2.29. The van der Waals surface area contributed by atoms with E-state index in [0.29, 0.717) is 24.0 Å². The minimum absolute atomic E-state index is 0.0895. The Balaban J connectivity index is 2.15. The van der Waals surface area contributed by atoms with Gasteiger partial charge in [-0.1, -0.05) is 67.9 Å². The molecule has 2 aromatic carbocycles. The highest BCUT2D eigenvalue weighted by molar-refractivity contribution is 6.30. The number of rotatable bonds is 8. The zero-order chi connectivity index (χ0) is 19.8. The highest BCUT2D eigenvalue weighted by Crippen LogP contribution is 2.14. The molecule has 5 heteroatoms. The smallest absolute Gasteiger partial charge is 0.242 e. The van der Waals surface area contributed by atoms with Crippen molar-refractivity contribution < 1.29 is 9.59 Å². The lowest BCUT2D eigenvalue weighted by atomic mass is 10.1. The summed E-state index contributed by atoms with van der Waals surface area (Å²) in [5.74, 6) is 0.131. The minimum Gasteiger partial charge on any atom is -0.354 e. The van der Waals surface area contributed by atoms with Crippen LogP contribution in [-0.4, -0.2) is 29.3 Å². The van der Waals surface area contributed by atoms with Gasteiger partial charge in [-0.15, -0.1) is 0 Å². The molecule has 144 valence electrons. The first-order valence-corrected chi connectivity index (χ1v) is 9.60. The van der Waals surface area contributed by atoms with Crippen LogP contribution in [0.2, 0.25) is 5.02 Å². The van der Waals surface area contributed by atoms with Crippen molar-refractivity contribution in [1.29, 1.82) is 0 Å². The van der Waals surface area contributed by atoms with Crippen molar-refractivity contribution in [3.63, 3.8) is 0 Å². The van der Waals surface area contributed by atoms with E-state index < -0.39 is 6.04 Å². The molecule has 27 heavy (non-hydrogen) atoms. The van der Waals surface area contributed by atoms with Crippen LogP contribution < -0.4 is 5.32 Å². The van der Waals surface area contributed by atoms with Gasteiger partial charge in [-0.3, -0.25) is 9.59 Å². The van der Waals surface area contributed by atoms with Crippen LogP contribution in [0.4, 0.5) is 0 Å². The van der Waals surface area contributed by atoms with Crippen molar-refractivity contribution in [1.82, 2.24) is 10.2 Å². The van der Waals surface area contributed by atoms with Gasteiger partial charge in [0.25, 0.3) is 0 Å². The first-order chi connectivity index (χ1) is 12.9. The first-order valence-electron chi connectivity index (χ1n) is 9.22. The van der Waals surface area contributed by atoms with E-state index in [9.17, 15) is 9.59 Å². The summed E-state index contributed by atoms with van der Waals surface area (Å²) in [6, 6.07) is 16.4. The molecule has 0 aliphatic carbocycles. The van der Waals surface area contributed by atoms with Gasteiger partial charge >= 0.3 is 0 Å².